The molecule has 1 aliphatic rings. The molecule has 0 atom stereocenters. The second-order valence-electron chi connectivity index (χ2n) is 9.88. The van der Waals surface area contributed by atoms with Crippen molar-refractivity contribution in [3.63, 3.8) is 0 Å². The molecule has 1 saturated heterocycles. The second-order valence-corrected chi connectivity index (χ2v) is 10.3. The highest BCUT2D eigenvalue weighted by Gasteiger charge is 2.29. The molecule has 0 saturated carbocycles. The quantitative estimate of drug-likeness (QED) is 0.304. The van der Waals surface area contributed by atoms with Gasteiger partial charge in [-0.1, -0.05) is 90.5 Å². The monoisotopic (exact) mass is 548 g/mol. The molecule has 0 aliphatic carbocycles. The minimum Gasteiger partial charge on any atom is -0.336 e. The number of benzene rings is 4. The molecule has 0 spiro atoms. The molecule has 0 radical (unpaired) electrons. The van der Waals surface area contributed by atoms with Crippen LogP contribution in [-0.4, -0.2) is 52.9 Å². The predicted molar refractivity (Wildman–Crippen MR) is 164 cm³/mol. The third-order valence-corrected chi connectivity index (χ3v) is 7.31. The Morgan fingerprint density at radius 3 is 1.98 bits per heavy atom. The summed E-state index contributed by atoms with van der Waals surface area (Å²) >= 11 is 5.41. The molecule has 1 aliphatic heterocycles. The van der Waals surface area contributed by atoms with E-state index in [1.165, 1.54) is 11.1 Å². The SMILES string of the molecule is Cc1cccc(C(=O)NC(=S)Nc2ccccc2C(=O)N2CCN(C(c3ccccc3)c3ccccc3)CC2)c1. The van der Waals surface area contributed by atoms with Crippen LogP contribution >= 0.6 is 12.2 Å². The van der Waals surface area contributed by atoms with Gasteiger partial charge in [0.25, 0.3) is 11.8 Å². The van der Waals surface area contributed by atoms with Gasteiger partial charge in [0.2, 0.25) is 0 Å². The van der Waals surface area contributed by atoms with Crippen molar-refractivity contribution >= 4 is 34.8 Å². The molecule has 2 N–H and O–H groups in total. The number of anilines is 1. The fourth-order valence-corrected chi connectivity index (χ4v) is 5.33. The van der Waals surface area contributed by atoms with Crippen LogP contribution in [0.5, 0.6) is 0 Å². The smallest absolute Gasteiger partial charge is 0.257 e. The fraction of sp³-hybridized carbons (Fsp3) is 0.182. The number of hydrogen-bond donors (Lipinski definition) is 2. The molecule has 4 aromatic carbocycles. The summed E-state index contributed by atoms with van der Waals surface area (Å²) in [5, 5.41) is 5.92. The van der Waals surface area contributed by atoms with Gasteiger partial charge in [-0.05, 0) is 54.5 Å². The Morgan fingerprint density at radius 1 is 0.750 bits per heavy atom. The molecule has 0 bridgehead atoms. The lowest BCUT2D eigenvalue weighted by Crippen LogP contribution is -2.50. The lowest BCUT2D eigenvalue weighted by Gasteiger charge is -2.40. The summed E-state index contributed by atoms with van der Waals surface area (Å²) < 4.78 is 0. The molecule has 7 heteroatoms. The number of amides is 2. The highest BCUT2D eigenvalue weighted by molar-refractivity contribution is 7.80. The van der Waals surface area contributed by atoms with E-state index in [-0.39, 0.29) is 23.0 Å². The topological polar surface area (TPSA) is 64.7 Å². The van der Waals surface area contributed by atoms with Crippen molar-refractivity contribution in [2.24, 2.45) is 0 Å². The summed E-state index contributed by atoms with van der Waals surface area (Å²) in [7, 11) is 0. The Morgan fingerprint density at radius 2 is 1.35 bits per heavy atom. The number of thiocarbonyl (C=S) groups is 1. The Labute approximate surface area is 240 Å². The van der Waals surface area contributed by atoms with Crippen LogP contribution in [0.15, 0.2) is 109 Å². The molecule has 6 nitrogen and oxygen atoms in total. The largest absolute Gasteiger partial charge is 0.336 e. The molecule has 5 rings (SSSR count). The van der Waals surface area contributed by atoms with Gasteiger partial charge in [-0.2, -0.15) is 0 Å². The maximum Gasteiger partial charge on any atom is 0.257 e. The van der Waals surface area contributed by atoms with Crippen molar-refractivity contribution in [1.29, 1.82) is 0 Å². The number of aryl methyl sites for hydroxylation is 1. The van der Waals surface area contributed by atoms with E-state index in [2.05, 4.69) is 64.1 Å². The van der Waals surface area contributed by atoms with Gasteiger partial charge < -0.3 is 10.2 Å². The molecular formula is C33H32N4O2S. The molecule has 40 heavy (non-hydrogen) atoms. The maximum absolute atomic E-state index is 13.6. The summed E-state index contributed by atoms with van der Waals surface area (Å²) in [5.74, 6) is -0.362. The van der Waals surface area contributed by atoms with Crippen LogP contribution in [0, 0.1) is 6.92 Å². The number of carbonyl (C=O) groups is 2. The van der Waals surface area contributed by atoms with Gasteiger partial charge in [0.05, 0.1) is 17.3 Å². The van der Waals surface area contributed by atoms with E-state index in [4.69, 9.17) is 12.2 Å². The normalized spacial score (nSPS) is 13.6. The van der Waals surface area contributed by atoms with E-state index in [0.717, 1.165) is 18.7 Å². The Kier molecular flexibility index (Phi) is 8.64. The minimum atomic E-state index is -0.299. The molecule has 0 aromatic heterocycles. The predicted octanol–water partition coefficient (Wildman–Crippen LogP) is 5.67. The summed E-state index contributed by atoms with van der Waals surface area (Å²) in [6.07, 6.45) is 0. The van der Waals surface area contributed by atoms with Crippen LogP contribution in [0.4, 0.5) is 5.69 Å². The first-order chi connectivity index (χ1) is 19.5. The van der Waals surface area contributed by atoms with Crippen molar-refractivity contribution in [3.8, 4) is 0 Å². The third kappa shape index (κ3) is 6.45. The van der Waals surface area contributed by atoms with E-state index in [0.29, 0.717) is 29.9 Å². The van der Waals surface area contributed by atoms with Gasteiger partial charge >= 0.3 is 0 Å². The van der Waals surface area contributed by atoms with Gasteiger partial charge in [0, 0.05) is 31.7 Å². The molecule has 1 fully saturated rings. The molecule has 4 aromatic rings. The average molecular weight is 549 g/mol. The van der Waals surface area contributed by atoms with Crippen LogP contribution in [0.3, 0.4) is 0 Å². The van der Waals surface area contributed by atoms with Crippen LogP contribution in [0.2, 0.25) is 0 Å². The summed E-state index contributed by atoms with van der Waals surface area (Å²) in [4.78, 5) is 30.6. The Hall–Kier alpha value is -4.33. The number of nitrogens with one attached hydrogen (secondary N) is 2. The molecule has 2 amide bonds. The number of para-hydroxylation sites is 1. The van der Waals surface area contributed by atoms with Crippen LogP contribution < -0.4 is 10.6 Å². The fourth-order valence-electron chi connectivity index (χ4n) is 5.13. The van der Waals surface area contributed by atoms with E-state index < -0.39 is 0 Å². The number of nitrogens with zero attached hydrogens (tertiary/aromatic N) is 2. The number of carbonyl (C=O) groups excluding carboxylic acids is 2. The van der Waals surface area contributed by atoms with Gasteiger partial charge in [0.1, 0.15) is 0 Å². The first-order valence-electron chi connectivity index (χ1n) is 13.4. The standard InChI is InChI=1S/C33H32N4O2S/c1-24-11-10-16-27(23-24)31(38)35-33(40)34-29-18-9-8-17-28(29)32(39)37-21-19-36(20-22-37)30(25-12-4-2-5-13-25)26-14-6-3-7-15-26/h2-18,23,30H,19-22H2,1H3,(H2,34,35,38,40). The zero-order valence-electron chi connectivity index (χ0n) is 22.4. The summed E-state index contributed by atoms with van der Waals surface area (Å²) in [6, 6.07) is 35.7. The molecule has 0 unspecified atom stereocenters. The molecule has 1 heterocycles. The third-order valence-electron chi connectivity index (χ3n) is 7.11. The summed E-state index contributed by atoms with van der Waals surface area (Å²) in [5.41, 5.74) is 5.08. The second kappa shape index (κ2) is 12.7. The average Bonchev–Trinajstić information content (AvgIpc) is 2.99. The molecule has 202 valence electrons. The first-order valence-corrected chi connectivity index (χ1v) is 13.8. The zero-order chi connectivity index (χ0) is 27.9. The van der Waals surface area contributed by atoms with E-state index >= 15 is 0 Å². The van der Waals surface area contributed by atoms with Crippen molar-refractivity contribution in [2.75, 3.05) is 31.5 Å². The van der Waals surface area contributed by atoms with Gasteiger partial charge in [0.15, 0.2) is 5.11 Å². The van der Waals surface area contributed by atoms with Crippen LogP contribution in [-0.2, 0) is 0 Å². The van der Waals surface area contributed by atoms with Crippen molar-refractivity contribution in [2.45, 2.75) is 13.0 Å². The number of hydrogen-bond acceptors (Lipinski definition) is 4. The van der Waals surface area contributed by atoms with Crippen molar-refractivity contribution < 1.29 is 9.59 Å². The van der Waals surface area contributed by atoms with Crippen LogP contribution in [0.25, 0.3) is 0 Å². The highest BCUT2D eigenvalue weighted by atomic mass is 32.1. The van der Waals surface area contributed by atoms with E-state index in [9.17, 15) is 9.59 Å². The number of piperazine rings is 1. The van der Waals surface area contributed by atoms with Crippen LogP contribution in [0.1, 0.15) is 43.4 Å². The lowest BCUT2D eigenvalue weighted by atomic mass is 9.96. The van der Waals surface area contributed by atoms with E-state index in [1.807, 2.05) is 48.2 Å². The Bertz CT molecular complexity index is 1450. The maximum atomic E-state index is 13.6. The Balaban J connectivity index is 1.25. The van der Waals surface area contributed by atoms with Gasteiger partial charge in [-0.3, -0.25) is 19.8 Å². The number of rotatable bonds is 6. The molecular weight excluding hydrogens is 516 g/mol. The first kappa shape index (κ1) is 27.2. The van der Waals surface area contributed by atoms with E-state index in [1.54, 1.807) is 24.3 Å². The zero-order valence-corrected chi connectivity index (χ0v) is 23.2. The minimum absolute atomic E-state index is 0.0634. The van der Waals surface area contributed by atoms with Gasteiger partial charge in [-0.15, -0.1) is 0 Å². The van der Waals surface area contributed by atoms with Crippen molar-refractivity contribution in [3.05, 3.63) is 137 Å². The van der Waals surface area contributed by atoms with Gasteiger partial charge in [-0.25, -0.2) is 0 Å². The summed E-state index contributed by atoms with van der Waals surface area (Å²) in [6.45, 7) is 4.65. The van der Waals surface area contributed by atoms with Crippen molar-refractivity contribution in [1.82, 2.24) is 15.1 Å². The highest BCUT2D eigenvalue weighted by Crippen LogP contribution is 2.30. The lowest BCUT2D eigenvalue weighted by molar-refractivity contribution is 0.0598.